The monoisotopic (exact) mass is 372 g/mol. The van der Waals surface area contributed by atoms with Crippen LogP contribution in [0.5, 0.6) is 11.5 Å². The molecule has 144 valence electrons. The van der Waals surface area contributed by atoms with Gasteiger partial charge < -0.3 is 14.8 Å². The number of carbonyl (C=O) groups is 1. The van der Waals surface area contributed by atoms with Crippen molar-refractivity contribution >= 4 is 5.78 Å². The SMILES string of the molecule is C=C(CCC(CCC)NCc1cc2c(cn1)OCCO2)C(=O)C(F)(F)F. The van der Waals surface area contributed by atoms with Crippen molar-refractivity contribution in [2.45, 2.75) is 51.4 Å². The average Bonchev–Trinajstić information content (AvgIpc) is 2.62. The fourth-order valence-electron chi connectivity index (χ4n) is 2.69. The summed E-state index contributed by atoms with van der Waals surface area (Å²) in [5, 5.41) is 3.28. The average molecular weight is 372 g/mol. The number of hydrogen-bond donors (Lipinski definition) is 1. The Hall–Kier alpha value is -2.09. The van der Waals surface area contributed by atoms with E-state index in [1.807, 2.05) is 6.92 Å². The van der Waals surface area contributed by atoms with Gasteiger partial charge in [0, 0.05) is 18.7 Å². The van der Waals surface area contributed by atoms with Crippen LogP contribution in [0.1, 0.15) is 38.3 Å². The lowest BCUT2D eigenvalue weighted by Gasteiger charge is -2.20. The molecule has 0 radical (unpaired) electrons. The van der Waals surface area contributed by atoms with Crippen LogP contribution in [0.3, 0.4) is 0 Å². The zero-order valence-electron chi connectivity index (χ0n) is 14.7. The second kappa shape index (κ2) is 9.02. The van der Waals surface area contributed by atoms with E-state index < -0.39 is 17.5 Å². The standard InChI is InChI=1S/C18H23F3N2O3/c1-3-4-13(6-5-12(2)17(24)18(19,20)21)22-10-14-9-15-16(11-23-14)26-8-7-25-15/h9,11,13,22H,2-8,10H2,1H3. The largest absolute Gasteiger partial charge is 0.486 e. The van der Waals surface area contributed by atoms with Gasteiger partial charge >= 0.3 is 6.18 Å². The number of ketones is 1. The molecule has 0 spiro atoms. The molecule has 1 unspecified atom stereocenters. The van der Waals surface area contributed by atoms with Crippen LogP contribution >= 0.6 is 0 Å². The van der Waals surface area contributed by atoms with Gasteiger partial charge in [-0.1, -0.05) is 19.9 Å². The van der Waals surface area contributed by atoms with Crippen LogP contribution in [0.25, 0.3) is 0 Å². The van der Waals surface area contributed by atoms with Crippen molar-refractivity contribution in [3.63, 3.8) is 0 Å². The zero-order valence-corrected chi connectivity index (χ0v) is 14.7. The Labute approximate surface area is 150 Å². The lowest BCUT2D eigenvalue weighted by molar-refractivity contribution is -0.166. The summed E-state index contributed by atoms with van der Waals surface area (Å²) in [5.41, 5.74) is 0.346. The highest BCUT2D eigenvalue weighted by Crippen LogP contribution is 2.29. The third-order valence-corrected chi connectivity index (χ3v) is 4.07. The molecule has 0 amide bonds. The first-order valence-corrected chi connectivity index (χ1v) is 8.58. The third-order valence-electron chi connectivity index (χ3n) is 4.07. The van der Waals surface area contributed by atoms with Gasteiger partial charge in [-0.05, 0) is 24.8 Å². The number of fused-ring (bicyclic) bond motifs is 1. The van der Waals surface area contributed by atoms with Crippen LogP contribution in [-0.4, -0.2) is 36.2 Å². The van der Waals surface area contributed by atoms with E-state index >= 15 is 0 Å². The lowest BCUT2D eigenvalue weighted by atomic mass is 10.00. The minimum atomic E-state index is -4.86. The minimum absolute atomic E-state index is 0.00454. The van der Waals surface area contributed by atoms with Gasteiger partial charge in [0.05, 0.1) is 11.9 Å². The molecular weight excluding hydrogens is 349 g/mol. The number of ether oxygens (including phenoxy) is 2. The van der Waals surface area contributed by atoms with Crippen molar-refractivity contribution in [2.24, 2.45) is 0 Å². The van der Waals surface area contributed by atoms with Crippen molar-refractivity contribution in [1.29, 1.82) is 0 Å². The summed E-state index contributed by atoms with van der Waals surface area (Å²) in [6.45, 7) is 6.69. The number of Topliss-reactive ketones (excluding diaryl/α,β-unsaturated/α-hetero) is 1. The van der Waals surface area contributed by atoms with Gasteiger partial charge in [0.1, 0.15) is 13.2 Å². The molecule has 1 atom stereocenters. The molecule has 0 saturated heterocycles. The van der Waals surface area contributed by atoms with Crippen molar-refractivity contribution in [3.05, 3.63) is 30.1 Å². The van der Waals surface area contributed by atoms with E-state index in [-0.39, 0.29) is 12.5 Å². The number of hydrogen-bond acceptors (Lipinski definition) is 5. The zero-order chi connectivity index (χ0) is 19.2. The highest BCUT2D eigenvalue weighted by atomic mass is 19.4. The molecular formula is C18H23F3N2O3. The number of carbonyl (C=O) groups excluding carboxylic acids is 1. The summed E-state index contributed by atoms with van der Waals surface area (Å²) in [5.74, 6) is -0.604. The van der Waals surface area contributed by atoms with E-state index in [1.54, 1.807) is 12.3 Å². The molecule has 0 bridgehead atoms. The molecule has 5 nitrogen and oxygen atoms in total. The highest BCUT2D eigenvalue weighted by Gasteiger charge is 2.39. The van der Waals surface area contributed by atoms with Gasteiger partial charge in [-0.25, -0.2) is 0 Å². The number of rotatable bonds is 9. The smallest absolute Gasteiger partial charge is 0.454 e. The van der Waals surface area contributed by atoms with Crippen LogP contribution in [0.4, 0.5) is 13.2 Å². The number of pyridine rings is 1. The molecule has 2 heterocycles. The Kier molecular flexibility index (Phi) is 7.02. The third kappa shape index (κ3) is 5.72. The number of allylic oxidation sites excluding steroid dienone is 1. The topological polar surface area (TPSA) is 60.5 Å². The number of nitrogens with zero attached hydrogens (tertiary/aromatic N) is 1. The first-order valence-electron chi connectivity index (χ1n) is 8.58. The van der Waals surface area contributed by atoms with Crippen LogP contribution in [0, 0.1) is 0 Å². The van der Waals surface area contributed by atoms with E-state index in [0.717, 1.165) is 18.5 Å². The van der Waals surface area contributed by atoms with Gasteiger partial charge in [0.2, 0.25) is 0 Å². The number of nitrogens with one attached hydrogen (secondary N) is 1. The molecule has 2 rings (SSSR count). The van der Waals surface area contributed by atoms with Crippen molar-refractivity contribution in [2.75, 3.05) is 13.2 Å². The fraction of sp³-hybridized carbons (Fsp3) is 0.556. The predicted molar refractivity (Wildman–Crippen MR) is 90.2 cm³/mol. The maximum Gasteiger partial charge on any atom is 0.454 e. The molecule has 0 aliphatic carbocycles. The van der Waals surface area contributed by atoms with E-state index in [0.29, 0.717) is 37.7 Å². The number of aromatic nitrogens is 1. The highest BCUT2D eigenvalue weighted by molar-refractivity contribution is 5.98. The molecule has 1 aliphatic rings. The predicted octanol–water partition coefficient (Wildman–Crippen LogP) is 3.58. The van der Waals surface area contributed by atoms with E-state index in [2.05, 4.69) is 16.9 Å². The molecule has 1 aromatic rings. The summed E-state index contributed by atoms with van der Waals surface area (Å²) in [7, 11) is 0. The Morgan fingerprint density at radius 2 is 2.00 bits per heavy atom. The van der Waals surface area contributed by atoms with Gasteiger partial charge in [-0.3, -0.25) is 9.78 Å². The van der Waals surface area contributed by atoms with Crippen molar-refractivity contribution in [1.82, 2.24) is 10.3 Å². The van der Waals surface area contributed by atoms with Crippen LogP contribution in [-0.2, 0) is 11.3 Å². The molecule has 8 heteroatoms. The Morgan fingerprint density at radius 1 is 1.31 bits per heavy atom. The Balaban J connectivity index is 1.88. The van der Waals surface area contributed by atoms with Crippen molar-refractivity contribution < 1.29 is 27.4 Å². The van der Waals surface area contributed by atoms with Gasteiger partial charge in [0.15, 0.2) is 11.5 Å². The molecule has 0 saturated carbocycles. The van der Waals surface area contributed by atoms with E-state index in [1.165, 1.54) is 0 Å². The maximum absolute atomic E-state index is 12.4. The quantitative estimate of drug-likeness (QED) is 0.672. The maximum atomic E-state index is 12.4. The number of alkyl halides is 3. The van der Waals surface area contributed by atoms with E-state index in [9.17, 15) is 18.0 Å². The van der Waals surface area contributed by atoms with Crippen LogP contribution in [0.15, 0.2) is 24.4 Å². The molecule has 26 heavy (non-hydrogen) atoms. The van der Waals surface area contributed by atoms with Crippen LogP contribution < -0.4 is 14.8 Å². The number of halogens is 3. The normalized spacial score (nSPS) is 14.8. The summed E-state index contributed by atoms with van der Waals surface area (Å²) >= 11 is 0. The summed E-state index contributed by atoms with van der Waals surface area (Å²) < 4.78 is 48.2. The second-order valence-corrected chi connectivity index (χ2v) is 6.15. The Morgan fingerprint density at radius 3 is 2.65 bits per heavy atom. The minimum Gasteiger partial charge on any atom is -0.486 e. The molecule has 0 aromatic carbocycles. The molecule has 0 fully saturated rings. The summed E-state index contributed by atoms with van der Waals surface area (Å²) in [6, 6.07) is 1.75. The molecule has 1 aromatic heterocycles. The van der Waals surface area contributed by atoms with Crippen LogP contribution in [0.2, 0.25) is 0 Å². The van der Waals surface area contributed by atoms with Gasteiger partial charge in [-0.15, -0.1) is 0 Å². The second-order valence-electron chi connectivity index (χ2n) is 6.15. The first kappa shape index (κ1) is 20.2. The van der Waals surface area contributed by atoms with Gasteiger partial charge in [-0.2, -0.15) is 13.2 Å². The summed E-state index contributed by atoms with van der Waals surface area (Å²) in [6.07, 6.45) is -1.21. The summed E-state index contributed by atoms with van der Waals surface area (Å²) in [4.78, 5) is 15.5. The van der Waals surface area contributed by atoms with Crippen molar-refractivity contribution in [3.8, 4) is 11.5 Å². The molecule has 1 N–H and O–H groups in total. The molecule has 1 aliphatic heterocycles. The Bertz CT molecular complexity index is 647. The fourth-order valence-corrected chi connectivity index (χ4v) is 2.69. The van der Waals surface area contributed by atoms with E-state index in [4.69, 9.17) is 9.47 Å². The lowest BCUT2D eigenvalue weighted by Crippen LogP contribution is -2.30. The first-order chi connectivity index (χ1) is 12.3. The van der Waals surface area contributed by atoms with Gasteiger partial charge in [0.25, 0.3) is 5.78 Å².